The van der Waals surface area contributed by atoms with E-state index in [0.29, 0.717) is 5.56 Å². The summed E-state index contributed by atoms with van der Waals surface area (Å²) < 4.78 is 0. The van der Waals surface area contributed by atoms with E-state index in [1.54, 1.807) is 12.3 Å². The van der Waals surface area contributed by atoms with E-state index < -0.39 is 0 Å². The summed E-state index contributed by atoms with van der Waals surface area (Å²) in [5.41, 5.74) is 6.28. The lowest BCUT2D eigenvalue weighted by Gasteiger charge is -2.14. The molecule has 3 N–H and O–H groups in total. The van der Waals surface area contributed by atoms with E-state index in [1.807, 2.05) is 6.07 Å². The smallest absolute Gasteiger partial charge is 0.266 e. The minimum atomic E-state index is -0.322. The van der Waals surface area contributed by atoms with Gasteiger partial charge in [0.25, 0.3) is 5.91 Å². The van der Waals surface area contributed by atoms with Crippen molar-refractivity contribution in [3.63, 3.8) is 0 Å². The van der Waals surface area contributed by atoms with Crippen LogP contribution in [0.25, 0.3) is 0 Å². The van der Waals surface area contributed by atoms with Crippen molar-refractivity contribution in [3.05, 3.63) is 65.0 Å². The van der Waals surface area contributed by atoms with Crippen LogP contribution in [0.2, 0.25) is 0 Å². The summed E-state index contributed by atoms with van der Waals surface area (Å²) in [6.45, 7) is 2.67. The van der Waals surface area contributed by atoms with Crippen LogP contribution in [-0.2, 0) is 19.6 Å². The number of carbonyl (C=O) groups excluding carboxylic acids is 1. The molecule has 0 atom stereocenters. The minimum Gasteiger partial charge on any atom is -0.290 e. The van der Waals surface area contributed by atoms with Crippen molar-refractivity contribution in [2.45, 2.75) is 19.6 Å². The van der Waals surface area contributed by atoms with Gasteiger partial charge in [-0.05, 0) is 23.3 Å². The van der Waals surface area contributed by atoms with Crippen molar-refractivity contribution >= 4 is 5.91 Å². The van der Waals surface area contributed by atoms with E-state index >= 15 is 0 Å². The number of aromatic nitrogens is 1. The number of benzene rings is 1. The highest BCUT2D eigenvalue weighted by Gasteiger charge is 2.18. The Bertz CT molecular complexity index is 599. The van der Waals surface area contributed by atoms with Crippen molar-refractivity contribution in [1.29, 1.82) is 0 Å². The van der Waals surface area contributed by atoms with Crippen molar-refractivity contribution in [3.8, 4) is 0 Å². The molecule has 5 nitrogen and oxygen atoms in total. The summed E-state index contributed by atoms with van der Waals surface area (Å²) in [6.07, 6.45) is 1.56. The van der Waals surface area contributed by atoms with Gasteiger partial charge in [0, 0.05) is 25.8 Å². The van der Waals surface area contributed by atoms with Crippen LogP contribution >= 0.6 is 0 Å². The van der Waals surface area contributed by atoms with Crippen molar-refractivity contribution in [1.82, 2.24) is 15.3 Å². The zero-order valence-electron chi connectivity index (χ0n) is 11.0. The molecule has 0 unspecified atom stereocenters. The van der Waals surface area contributed by atoms with E-state index in [9.17, 15) is 4.79 Å². The molecule has 0 saturated heterocycles. The monoisotopic (exact) mass is 268 g/mol. The van der Waals surface area contributed by atoms with Gasteiger partial charge in [0.15, 0.2) is 0 Å². The van der Waals surface area contributed by atoms with Gasteiger partial charge in [0.1, 0.15) is 0 Å². The summed E-state index contributed by atoms with van der Waals surface area (Å²) >= 11 is 0. The first-order chi connectivity index (χ1) is 9.76. The van der Waals surface area contributed by atoms with Gasteiger partial charge in [-0.25, -0.2) is 5.84 Å². The number of carbonyl (C=O) groups is 1. The van der Waals surface area contributed by atoms with Gasteiger partial charge >= 0.3 is 0 Å². The number of hydrogen-bond acceptors (Lipinski definition) is 4. The lowest BCUT2D eigenvalue weighted by molar-refractivity contribution is 0.0953. The van der Waals surface area contributed by atoms with Crippen LogP contribution in [-0.4, -0.2) is 15.8 Å². The van der Waals surface area contributed by atoms with Crippen LogP contribution < -0.4 is 11.3 Å². The molecule has 1 aliphatic heterocycles. The number of amides is 1. The standard InChI is InChI=1S/C15H16N4O/c16-18-15(20)11-5-6-14(17-7-11)10-19-8-12-3-1-2-4-13(12)9-19/h1-7H,8-10,16H2,(H,18,20). The zero-order valence-corrected chi connectivity index (χ0v) is 11.0. The lowest BCUT2D eigenvalue weighted by Crippen LogP contribution is -2.30. The van der Waals surface area contributed by atoms with Crippen molar-refractivity contribution < 1.29 is 4.79 Å². The molecule has 0 spiro atoms. The number of nitrogen functional groups attached to an aromatic ring is 1. The maximum atomic E-state index is 11.3. The number of hydrogen-bond donors (Lipinski definition) is 2. The fourth-order valence-corrected chi connectivity index (χ4v) is 2.48. The molecule has 0 saturated carbocycles. The van der Waals surface area contributed by atoms with Crippen LogP contribution in [0.1, 0.15) is 27.2 Å². The third-order valence-electron chi connectivity index (χ3n) is 3.51. The topological polar surface area (TPSA) is 71.2 Å². The molecule has 1 aromatic heterocycles. The lowest BCUT2D eigenvalue weighted by atomic mass is 10.1. The van der Waals surface area contributed by atoms with Gasteiger partial charge in [-0.15, -0.1) is 0 Å². The molecule has 5 heteroatoms. The van der Waals surface area contributed by atoms with Gasteiger partial charge in [0.05, 0.1) is 11.3 Å². The summed E-state index contributed by atoms with van der Waals surface area (Å²) in [5, 5.41) is 0. The minimum absolute atomic E-state index is 0.322. The Balaban J connectivity index is 1.66. The predicted octanol–water partition coefficient (Wildman–Crippen LogP) is 1.20. The Hall–Kier alpha value is -2.24. The largest absolute Gasteiger partial charge is 0.290 e. The molecule has 3 rings (SSSR count). The highest BCUT2D eigenvalue weighted by atomic mass is 16.2. The number of fused-ring (bicyclic) bond motifs is 1. The number of nitrogens with one attached hydrogen (secondary N) is 1. The average Bonchev–Trinajstić information content (AvgIpc) is 2.89. The van der Waals surface area contributed by atoms with Gasteiger partial charge in [-0.1, -0.05) is 24.3 Å². The SMILES string of the molecule is NNC(=O)c1ccc(CN2Cc3ccccc3C2)nc1. The Kier molecular flexibility index (Phi) is 3.45. The first-order valence-corrected chi connectivity index (χ1v) is 6.51. The Morgan fingerprint density at radius 3 is 2.45 bits per heavy atom. The first kappa shape index (κ1) is 12.8. The third kappa shape index (κ3) is 2.54. The van der Waals surface area contributed by atoms with Crippen LogP contribution in [0, 0.1) is 0 Å². The molecule has 102 valence electrons. The fraction of sp³-hybridized carbons (Fsp3) is 0.200. The summed E-state index contributed by atoms with van der Waals surface area (Å²) in [7, 11) is 0. The molecule has 1 aromatic carbocycles. The van der Waals surface area contributed by atoms with Gasteiger partial charge in [0.2, 0.25) is 0 Å². The van der Waals surface area contributed by atoms with Crippen LogP contribution in [0.15, 0.2) is 42.6 Å². The molecule has 20 heavy (non-hydrogen) atoms. The second-order valence-electron chi connectivity index (χ2n) is 4.93. The average molecular weight is 268 g/mol. The number of nitrogens with two attached hydrogens (primary N) is 1. The quantitative estimate of drug-likeness (QED) is 0.498. The summed E-state index contributed by atoms with van der Waals surface area (Å²) in [6, 6.07) is 12.1. The Labute approximate surface area is 117 Å². The highest BCUT2D eigenvalue weighted by molar-refractivity contribution is 5.93. The van der Waals surface area contributed by atoms with E-state index in [2.05, 4.69) is 39.6 Å². The number of nitrogens with zero attached hydrogens (tertiary/aromatic N) is 2. The molecule has 1 amide bonds. The molecule has 0 aliphatic carbocycles. The number of pyridine rings is 1. The van der Waals surface area contributed by atoms with E-state index in [4.69, 9.17) is 5.84 Å². The Morgan fingerprint density at radius 2 is 1.90 bits per heavy atom. The number of hydrazine groups is 1. The number of rotatable bonds is 3. The third-order valence-corrected chi connectivity index (χ3v) is 3.51. The van der Waals surface area contributed by atoms with Crippen molar-refractivity contribution in [2.75, 3.05) is 0 Å². The first-order valence-electron chi connectivity index (χ1n) is 6.51. The molecule has 0 fully saturated rings. The molecule has 2 heterocycles. The molecule has 1 aliphatic rings. The van der Waals surface area contributed by atoms with Crippen molar-refractivity contribution in [2.24, 2.45) is 5.84 Å². The highest BCUT2D eigenvalue weighted by Crippen LogP contribution is 2.23. The molecule has 0 radical (unpaired) electrons. The zero-order chi connectivity index (χ0) is 13.9. The molecule has 0 bridgehead atoms. The normalized spacial score (nSPS) is 14.1. The van der Waals surface area contributed by atoms with E-state index in [1.165, 1.54) is 11.1 Å². The summed E-state index contributed by atoms with van der Waals surface area (Å²) in [5.74, 6) is 4.77. The predicted molar refractivity (Wildman–Crippen MR) is 75.3 cm³/mol. The second-order valence-corrected chi connectivity index (χ2v) is 4.93. The van der Waals surface area contributed by atoms with Gasteiger partial charge in [-0.3, -0.25) is 20.1 Å². The van der Waals surface area contributed by atoms with E-state index in [0.717, 1.165) is 25.3 Å². The molecule has 2 aromatic rings. The molecular formula is C15H16N4O. The van der Waals surface area contributed by atoms with Gasteiger partial charge in [-0.2, -0.15) is 0 Å². The fourth-order valence-electron chi connectivity index (χ4n) is 2.48. The van der Waals surface area contributed by atoms with Gasteiger partial charge < -0.3 is 0 Å². The van der Waals surface area contributed by atoms with Crippen LogP contribution in [0.5, 0.6) is 0 Å². The second kappa shape index (κ2) is 5.40. The maximum Gasteiger partial charge on any atom is 0.266 e. The molecular weight excluding hydrogens is 252 g/mol. The van der Waals surface area contributed by atoms with E-state index in [-0.39, 0.29) is 5.91 Å². The maximum absolute atomic E-state index is 11.3. The van der Waals surface area contributed by atoms with Crippen LogP contribution in [0.4, 0.5) is 0 Å². The van der Waals surface area contributed by atoms with Crippen LogP contribution in [0.3, 0.4) is 0 Å². The Morgan fingerprint density at radius 1 is 1.20 bits per heavy atom. The summed E-state index contributed by atoms with van der Waals surface area (Å²) in [4.78, 5) is 18.0.